The molecular formula is C16H18N4O2S. The van der Waals surface area contributed by atoms with Crippen LogP contribution in [0.2, 0.25) is 0 Å². The lowest BCUT2D eigenvalue weighted by Crippen LogP contribution is -2.43. The maximum atomic E-state index is 12.7. The Labute approximate surface area is 136 Å². The standard InChI is InChI=1S/C16H18N4O2S/c1-2-11-12-9-10(19-7-4-17-5-8-19)3-6-20(12)16(22)13-14(11)23-18-15(13)21/h3,6,9,17H,2,4-5,7-8H2,1H3,(H,18,21). The third-order valence-corrected chi connectivity index (χ3v) is 5.43. The fraction of sp³-hybridized carbons (Fsp3) is 0.375. The van der Waals surface area contributed by atoms with Crippen LogP contribution < -0.4 is 21.3 Å². The van der Waals surface area contributed by atoms with Crippen LogP contribution in [0.3, 0.4) is 0 Å². The Morgan fingerprint density at radius 3 is 2.78 bits per heavy atom. The molecule has 3 aromatic rings. The molecule has 1 aliphatic rings. The van der Waals surface area contributed by atoms with Crippen molar-refractivity contribution in [3.05, 3.63) is 44.6 Å². The summed E-state index contributed by atoms with van der Waals surface area (Å²) < 4.78 is 5.10. The van der Waals surface area contributed by atoms with Crippen LogP contribution >= 0.6 is 11.5 Å². The molecule has 6 nitrogen and oxygen atoms in total. The number of H-pyrrole nitrogens is 1. The maximum Gasteiger partial charge on any atom is 0.271 e. The fourth-order valence-electron chi connectivity index (χ4n) is 3.31. The molecule has 1 fully saturated rings. The molecule has 120 valence electrons. The van der Waals surface area contributed by atoms with Crippen molar-refractivity contribution in [3.63, 3.8) is 0 Å². The van der Waals surface area contributed by atoms with Gasteiger partial charge in [0.15, 0.2) is 0 Å². The number of nitrogens with zero attached hydrogens (tertiary/aromatic N) is 2. The first kappa shape index (κ1) is 14.5. The Morgan fingerprint density at radius 2 is 2.04 bits per heavy atom. The molecule has 23 heavy (non-hydrogen) atoms. The minimum atomic E-state index is -0.287. The normalized spacial score (nSPS) is 15.6. The molecule has 0 unspecified atom stereocenters. The highest BCUT2D eigenvalue weighted by Crippen LogP contribution is 2.25. The fourth-order valence-corrected chi connectivity index (χ4v) is 4.26. The second kappa shape index (κ2) is 5.50. The van der Waals surface area contributed by atoms with Crippen molar-refractivity contribution in [2.75, 3.05) is 31.1 Å². The molecule has 4 rings (SSSR count). The number of aromatic nitrogens is 2. The first-order valence-corrected chi connectivity index (χ1v) is 8.66. The Kier molecular flexibility index (Phi) is 3.46. The number of anilines is 1. The highest BCUT2D eigenvalue weighted by Gasteiger charge is 2.17. The quantitative estimate of drug-likeness (QED) is 0.740. The van der Waals surface area contributed by atoms with Crippen LogP contribution in [0.1, 0.15) is 12.5 Å². The van der Waals surface area contributed by atoms with E-state index in [9.17, 15) is 9.59 Å². The number of piperazine rings is 1. The van der Waals surface area contributed by atoms with E-state index in [4.69, 9.17) is 0 Å². The molecule has 0 radical (unpaired) electrons. The van der Waals surface area contributed by atoms with Crippen molar-refractivity contribution in [1.82, 2.24) is 14.1 Å². The predicted octanol–water partition coefficient (Wildman–Crippen LogP) is 1.17. The molecular weight excluding hydrogens is 312 g/mol. The van der Waals surface area contributed by atoms with Crippen LogP contribution in [-0.4, -0.2) is 35.0 Å². The molecule has 0 atom stereocenters. The number of hydrogen-bond donors (Lipinski definition) is 2. The van der Waals surface area contributed by atoms with E-state index in [1.807, 2.05) is 6.07 Å². The third-order valence-electron chi connectivity index (χ3n) is 4.49. The summed E-state index contributed by atoms with van der Waals surface area (Å²) in [5.41, 5.74) is 2.56. The van der Waals surface area contributed by atoms with Gasteiger partial charge in [-0.1, -0.05) is 18.5 Å². The van der Waals surface area contributed by atoms with Gasteiger partial charge in [0.2, 0.25) is 0 Å². The SMILES string of the molecule is CCc1c2s[nH]c(=O)c2c(=O)n2ccc(N3CCNCC3)cc12. The number of fused-ring (bicyclic) bond motifs is 2. The van der Waals surface area contributed by atoms with Gasteiger partial charge in [-0.3, -0.25) is 18.4 Å². The van der Waals surface area contributed by atoms with Gasteiger partial charge in [0, 0.05) is 38.1 Å². The highest BCUT2D eigenvalue weighted by atomic mass is 32.1. The summed E-state index contributed by atoms with van der Waals surface area (Å²) in [6.07, 6.45) is 2.57. The second-order valence-corrected chi connectivity index (χ2v) is 6.57. The predicted molar refractivity (Wildman–Crippen MR) is 94.1 cm³/mol. The molecule has 2 N–H and O–H groups in total. The Balaban J connectivity index is 2.02. The van der Waals surface area contributed by atoms with E-state index in [0.29, 0.717) is 0 Å². The first-order valence-electron chi connectivity index (χ1n) is 7.85. The molecule has 0 aromatic carbocycles. The summed E-state index contributed by atoms with van der Waals surface area (Å²) in [6.45, 7) is 5.91. The van der Waals surface area contributed by atoms with E-state index in [2.05, 4.69) is 27.6 Å². The zero-order valence-corrected chi connectivity index (χ0v) is 13.7. The first-order chi connectivity index (χ1) is 11.2. The number of pyridine rings is 2. The molecule has 3 aromatic heterocycles. The van der Waals surface area contributed by atoms with Crippen LogP contribution in [0, 0.1) is 0 Å². The molecule has 7 heteroatoms. The van der Waals surface area contributed by atoms with Crippen LogP contribution in [0.15, 0.2) is 27.9 Å². The molecule has 1 saturated heterocycles. The summed E-state index contributed by atoms with van der Waals surface area (Å²) in [6, 6.07) is 4.04. The maximum absolute atomic E-state index is 12.7. The number of nitrogens with one attached hydrogen (secondary N) is 2. The van der Waals surface area contributed by atoms with Gasteiger partial charge in [-0.05, 0) is 24.1 Å². The summed E-state index contributed by atoms with van der Waals surface area (Å²) in [5, 5.41) is 3.62. The molecule has 0 amide bonds. The van der Waals surface area contributed by atoms with Crippen LogP contribution in [0.5, 0.6) is 0 Å². The van der Waals surface area contributed by atoms with Crippen molar-refractivity contribution in [2.24, 2.45) is 0 Å². The van der Waals surface area contributed by atoms with Crippen molar-refractivity contribution in [1.29, 1.82) is 0 Å². The average molecular weight is 330 g/mol. The van der Waals surface area contributed by atoms with E-state index in [0.717, 1.165) is 54.1 Å². The molecule has 0 spiro atoms. The zero-order chi connectivity index (χ0) is 16.0. The van der Waals surface area contributed by atoms with E-state index in [1.165, 1.54) is 11.5 Å². The second-order valence-electron chi connectivity index (χ2n) is 5.75. The van der Waals surface area contributed by atoms with Gasteiger partial charge in [0.05, 0.1) is 10.2 Å². The smallest absolute Gasteiger partial charge is 0.271 e. The summed E-state index contributed by atoms with van der Waals surface area (Å²) in [4.78, 5) is 26.9. The monoisotopic (exact) mass is 330 g/mol. The van der Waals surface area contributed by atoms with Gasteiger partial charge in [-0.25, -0.2) is 0 Å². The van der Waals surface area contributed by atoms with E-state index < -0.39 is 0 Å². The minimum absolute atomic E-state index is 0.235. The van der Waals surface area contributed by atoms with Gasteiger partial charge < -0.3 is 10.2 Å². The van der Waals surface area contributed by atoms with Crippen LogP contribution in [0.25, 0.3) is 15.6 Å². The van der Waals surface area contributed by atoms with Crippen LogP contribution in [0.4, 0.5) is 5.69 Å². The Morgan fingerprint density at radius 1 is 1.26 bits per heavy atom. The van der Waals surface area contributed by atoms with Gasteiger partial charge in [-0.2, -0.15) is 0 Å². The van der Waals surface area contributed by atoms with Crippen LogP contribution in [-0.2, 0) is 6.42 Å². The van der Waals surface area contributed by atoms with Crippen molar-refractivity contribution < 1.29 is 0 Å². The summed E-state index contributed by atoms with van der Waals surface area (Å²) in [7, 11) is 0. The number of rotatable bonds is 2. The third kappa shape index (κ3) is 2.19. The molecule has 0 bridgehead atoms. The van der Waals surface area contributed by atoms with Crippen molar-refractivity contribution >= 4 is 32.8 Å². The summed E-state index contributed by atoms with van der Waals surface area (Å²) >= 11 is 1.26. The number of aromatic amines is 1. The highest BCUT2D eigenvalue weighted by molar-refractivity contribution is 7.13. The van der Waals surface area contributed by atoms with Gasteiger partial charge >= 0.3 is 0 Å². The van der Waals surface area contributed by atoms with E-state index in [-0.39, 0.29) is 16.5 Å². The number of aryl methyl sites for hydroxylation is 1. The average Bonchev–Trinajstić information content (AvgIpc) is 2.98. The van der Waals surface area contributed by atoms with E-state index >= 15 is 0 Å². The Bertz CT molecular complexity index is 995. The van der Waals surface area contributed by atoms with Crippen molar-refractivity contribution in [3.8, 4) is 0 Å². The lowest BCUT2D eigenvalue weighted by Gasteiger charge is -2.29. The van der Waals surface area contributed by atoms with E-state index in [1.54, 1.807) is 10.6 Å². The lowest BCUT2D eigenvalue weighted by molar-refractivity contribution is 0.589. The Hall–Kier alpha value is -2.12. The molecule has 0 saturated carbocycles. The topological polar surface area (TPSA) is 69.6 Å². The molecule has 1 aliphatic heterocycles. The largest absolute Gasteiger partial charge is 0.369 e. The molecule has 4 heterocycles. The summed E-state index contributed by atoms with van der Waals surface area (Å²) in [5.74, 6) is 0. The van der Waals surface area contributed by atoms with Gasteiger partial charge in [0.1, 0.15) is 5.39 Å². The number of hydrogen-bond acceptors (Lipinski definition) is 5. The van der Waals surface area contributed by atoms with Gasteiger partial charge in [0.25, 0.3) is 11.1 Å². The lowest BCUT2D eigenvalue weighted by atomic mass is 10.1. The minimum Gasteiger partial charge on any atom is -0.369 e. The van der Waals surface area contributed by atoms with Crippen molar-refractivity contribution in [2.45, 2.75) is 13.3 Å². The zero-order valence-electron chi connectivity index (χ0n) is 12.9. The molecule has 0 aliphatic carbocycles. The van der Waals surface area contributed by atoms with Gasteiger partial charge in [-0.15, -0.1) is 0 Å².